The molecule has 1 atom stereocenters. The van der Waals surface area contributed by atoms with Crippen LogP contribution in [0.25, 0.3) is 5.57 Å². The van der Waals surface area contributed by atoms with E-state index in [0.717, 1.165) is 23.1 Å². The Bertz CT molecular complexity index is 510. The van der Waals surface area contributed by atoms with E-state index >= 15 is 0 Å². The van der Waals surface area contributed by atoms with Crippen LogP contribution in [-0.2, 0) is 6.42 Å². The van der Waals surface area contributed by atoms with Gasteiger partial charge in [-0.2, -0.15) is 5.26 Å². The van der Waals surface area contributed by atoms with Crippen molar-refractivity contribution >= 4 is 5.57 Å². The van der Waals surface area contributed by atoms with E-state index < -0.39 is 0 Å². The average molecular weight is 254 g/mol. The minimum Gasteiger partial charge on any atom is -0.306 e. The number of hydrogen-bond acceptors (Lipinski definition) is 2. The van der Waals surface area contributed by atoms with Crippen molar-refractivity contribution in [3.8, 4) is 6.07 Å². The van der Waals surface area contributed by atoms with Gasteiger partial charge in [-0.15, -0.1) is 0 Å². The molecule has 1 aliphatic rings. The molecule has 1 aromatic carbocycles. The summed E-state index contributed by atoms with van der Waals surface area (Å²) >= 11 is 0. The Morgan fingerprint density at radius 2 is 2.26 bits per heavy atom. The van der Waals surface area contributed by atoms with Crippen molar-refractivity contribution in [3.05, 3.63) is 41.5 Å². The van der Waals surface area contributed by atoms with Crippen LogP contribution in [0, 0.1) is 17.2 Å². The summed E-state index contributed by atoms with van der Waals surface area (Å²) in [6, 6.07) is 8.41. The van der Waals surface area contributed by atoms with E-state index in [1.54, 1.807) is 0 Å². The fourth-order valence-electron chi connectivity index (χ4n) is 2.89. The first-order valence-electron chi connectivity index (χ1n) is 6.97. The van der Waals surface area contributed by atoms with E-state index in [1.807, 2.05) is 19.1 Å². The van der Waals surface area contributed by atoms with Gasteiger partial charge in [-0.3, -0.25) is 0 Å². The molecule has 1 fully saturated rings. The van der Waals surface area contributed by atoms with Crippen LogP contribution in [0.5, 0.6) is 0 Å². The number of allylic oxidation sites excluding steroid dienone is 1. The molecule has 2 heteroatoms. The molecule has 2 rings (SSSR count). The van der Waals surface area contributed by atoms with Crippen LogP contribution in [-0.4, -0.2) is 25.0 Å². The average Bonchev–Trinajstić information content (AvgIpc) is 2.38. The maximum Gasteiger partial charge on any atom is 0.0991 e. The van der Waals surface area contributed by atoms with E-state index in [0.29, 0.717) is 5.92 Å². The van der Waals surface area contributed by atoms with Gasteiger partial charge < -0.3 is 4.90 Å². The number of hydrogen-bond donors (Lipinski definition) is 0. The standard InChI is InChI=1S/C17H22N2/c1-13(2)17-9-15(8-16(10-17)11-18)7-14-5-4-6-19(3)12-14/h8-10,14H,1,4-7,12H2,2-3H3. The molecule has 0 spiro atoms. The Hall–Kier alpha value is -1.59. The minimum absolute atomic E-state index is 0.714. The van der Waals surface area contributed by atoms with Crippen LogP contribution in [0.2, 0.25) is 0 Å². The zero-order chi connectivity index (χ0) is 13.8. The summed E-state index contributed by atoms with van der Waals surface area (Å²) in [5, 5.41) is 9.13. The summed E-state index contributed by atoms with van der Waals surface area (Å²) < 4.78 is 0. The number of piperidine rings is 1. The van der Waals surface area contributed by atoms with Crippen molar-refractivity contribution in [2.24, 2.45) is 5.92 Å². The number of likely N-dealkylation sites (tertiary alicyclic amines) is 1. The summed E-state index contributed by atoms with van der Waals surface area (Å²) in [6.45, 7) is 8.36. The van der Waals surface area contributed by atoms with Gasteiger partial charge in [-0.1, -0.05) is 18.2 Å². The number of rotatable bonds is 3. The van der Waals surface area contributed by atoms with Gasteiger partial charge in [0.15, 0.2) is 0 Å². The summed E-state index contributed by atoms with van der Waals surface area (Å²) in [7, 11) is 2.19. The third kappa shape index (κ3) is 3.68. The molecule has 0 saturated carbocycles. The summed E-state index contributed by atoms with van der Waals surface area (Å²) in [5.74, 6) is 0.714. The maximum absolute atomic E-state index is 9.13. The Balaban J connectivity index is 2.17. The SMILES string of the molecule is C=C(C)c1cc(C#N)cc(CC2CCCN(C)C2)c1. The van der Waals surface area contributed by atoms with Gasteiger partial charge in [-0.05, 0) is 69.0 Å². The Morgan fingerprint density at radius 1 is 1.47 bits per heavy atom. The molecule has 0 radical (unpaired) electrons. The van der Waals surface area contributed by atoms with Crippen LogP contribution < -0.4 is 0 Å². The number of benzene rings is 1. The zero-order valence-electron chi connectivity index (χ0n) is 11.9. The topological polar surface area (TPSA) is 27.0 Å². The van der Waals surface area contributed by atoms with Gasteiger partial charge in [0.05, 0.1) is 11.6 Å². The first-order valence-corrected chi connectivity index (χ1v) is 6.97. The highest BCUT2D eigenvalue weighted by molar-refractivity contribution is 5.63. The van der Waals surface area contributed by atoms with Gasteiger partial charge in [-0.25, -0.2) is 0 Å². The first-order chi connectivity index (χ1) is 9.08. The predicted molar refractivity (Wildman–Crippen MR) is 79.8 cm³/mol. The monoisotopic (exact) mass is 254 g/mol. The van der Waals surface area contributed by atoms with Crippen molar-refractivity contribution in [3.63, 3.8) is 0 Å². The molecule has 0 bridgehead atoms. The quantitative estimate of drug-likeness (QED) is 0.825. The number of nitriles is 1. The molecular weight excluding hydrogens is 232 g/mol. The fourth-order valence-corrected chi connectivity index (χ4v) is 2.89. The fraction of sp³-hybridized carbons (Fsp3) is 0.471. The summed E-state index contributed by atoms with van der Waals surface area (Å²) in [5.41, 5.74) is 4.15. The van der Waals surface area contributed by atoms with E-state index in [2.05, 4.69) is 30.7 Å². The van der Waals surface area contributed by atoms with E-state index in [9.17, 15) is 0 Å². The van der Waals surface area contributed by atoms with Gasteiger partial charge in [0, 0.05) is 6.54 Å². The molecule has 0 aromatic heterocycles. The molecule has 0 N–H and O–H groups in total. The minimum atomic E-state index is 0.714. The van der Waals surface area contributed by atoms with Gasteiger partial charge in [0.2, 0.25) is 0 Å². The highest BCUT2D eigenvalue weighted by Crippen LogP contribution is 2.23. The van der Waals surface area contributed by atoms with Gasteiger partial charge in [0.25, 0.3) is 0 Å². The molecule has 1 aromatic rings. The lowest BCUT2D eigenvalue weighted by atomic mass is 9.89. The molecule has 0 amide bonds. The molecule has 19 heavy (non-hydrogen) atoms. The van der Waals surface area contributed by atoms with Crippen LogP contribution >= 0.6 is 0 Å². The zero-order valence-corrected chi connectivity index (χ0v) is 11.9. The smallest absolute Gasteiger partial charge is 0.0991 e. The van der Waals surface area contributed by atoms with Crippen molar-refractivity contribution in [1.82, 2.24) is 4.90 Å². The third-order valence-electron chi connectivity index (χ3n) is 3.86. The largest absolute Gasteiger partial charge is 0.306 e. The molecular formula is C17H22N2. The Morgan fingerprint density at radius 3 is 2.89 bits per heavy atom. The summed E-state index contributed by atoms with van der Waals surface area (Å²) in [4.78, 5) is 2.40. The van der Waals surface area contributed by atoms with Crippen molar-refractivity contribution in [2.75, 3.05) is 20.1 Å². The van der Waals surface area contributed by atoms with Gasteiger partial charge >= 0.3 is 0 Å². The van der Waals surface area contributed by atoms with Gasteiger partial charge in [0.1, 0.15) is 0 Å². The second-order valence-corrected chi connectivity index (χ2v) is 5.79. The summed E-state index contributed by atoms with van der Waals surface area (Å²) in [6.07, 6.45) is 3.65. The Kier molecular flexibility index (Phi) is 4.39. The van der Waals surface area contributed by atoms with E-state index in [1.165, 1.54) is 31.5 Å². The van der Waals surface area contributed by atoms with Crippen LogP contribution in [0.4, 0.5) is 0 Å². The van der Waals surface area contributed by atoms with Crippen molar-refractivity contribution in [2.45, 2.75) is 26.2 Å². The molecule has 100 valence electrons. The lowest BCUT2D eigenvalue weighted by Gasteiger charge is -2.29. The molecule has 1 saturated heterocycles. The van der Waals surface area contributed by atoms with Crippen LogP contribution in [0.3, 0.4) is 0 Å². The molecule has 2 nitrogen and oxygen atoms in total. The van der Waals surface area contributed by atoms with Crippen LogP contribution in [0.15, 0.2) is 24.8 Å². The highest BCUT2D eigenvalue weighted by atomic mass is 15.1. The molecule has 0 aliphatic carbocycles. The van der Waals surface area contributed by atoms with E-state index in [-0.39, 0.29) is 0 Å². The van der Waals surface area contributed by atoms with Crippen LogP contribution in [0.1, 0.15) is 36.5 Å². The van der Waals surface area contributed by atoms with Crippen molar-refractivity contribution < 1.29 is 0 Å². The van der Waals surface area contributed by atoms with Crippen molar-refractivity contribution in [1.29, 1.82) is 5.26 Å². The normalized spacial score (nSPS) is 19.9. The maximum atomic E-state index is 9.13. The lowest BCUT2D eigenvalue weighted by Crippen LogP contribution is -2.33. The molecule has 1 heterocycles. The number of nitrogens with zero attached hydrogens (tertiary/aromatic N) is 2. The second-order valence-electron chi connectivity index (χ2n) is 5.79. The second kappa shape index (κ2) is 6.04. The molecule has 1 aliphatic heterocycles. The third-order valence-corrected chi connectivity index (χ3v) is 3.86. The highest BCUT2D eigenvalue weighted by Gasteiger charge is 2.17. The van der Waals surface area contributed by atoms with E-state index in [4.69, 9.17) is 5.26 Å². The Labute approximate surface area is 116 Å². The predicted octanol–water partition coefficient (Wildman–Crippen LogP) is 3.48. The molecule has 1 unspecified atom stereocenters. The first kappa shape index (κ1) is 13.8. The lowest BCUT2D eigenvalue weighted by molar-refractivity contribution is 0.209.